The first kappa shape index (κ1) is 19.1. The molecule has 0 unspecified atom stereocenters. The second-order valence-electron chi connectivity index (χ2n) is 2.33. The van der Waals surface area contributed by atoms with E-state index in [9.17, 15) is 14.7 Å². The van der Waals surface area contributed by atoms with Gasteiger partial charge in [0.25, 0.3) is 0 Å². The van der Waals surface area contributed by atoms with E-state index in [4.69, 9.17) is 9.90 Å². The van der Waals surface area contributed by atoms with Gasteiger partial charge in [-0.2, -0.15) is 0 Å². The van der Waals surface area contributed by atoms with Crippen LogP contribution in [0.1, 0.15) is 33.1 Å². The van der Waals surface area contributed by atoms with E-state index in [1.54, 1.807) is 0 Å². The molecule has 5 nitrogen and oxygen atoms in total. The van der Waals surface area contributed by atoms with Gasteiger partial charge < -0.3 is 19.8 Å². The van der Waals surface area contributed by atoms with Crippen molar-refractivity contribution in [2.75, 3.05) is 0 Å². The molecule has 0 aliphatic rings. The number of carboxylic acids is 2. The van der Waals surface area contributed by atoms with Gasteiger partial charge in [-0.25, -0.2) is 0 Å². The quantitative estimate of drug-likeness (QED) is 0.436. The van der Waals surface area contributed by atoms with Gasteiger partial charge in [-0.3, -0.25) is 4.79 Å². The van der Waals surface area contributed by atoms with Crippen LogP contribution in [0, 0.1) is 0 Å². The number of carbonyl (C=O) groups excluding carboxylic acids is 3. The van der Waals surface area contributed by atoms with E-state index in [-0.39, 0.29) is 29.7 Å². The zero-order chi connectivity index (χ0) is 10.9. The first-order chi connectivity index (χ1) is 5.90. The average molecular weight is 307 g/mol. The fourth-order valence-electron chi connectivity index (χ4n) is 0.528. The average Bonchev–Trinajstić information content (AvgIpc) is 1.83. The molecule has 0 atom stereocenters. The SMILES string of the molecule is CC(=O)[O-].CCCC(=O)CC(=O)[O-].[Sn+2]. The number of aliphatic carboxylic acids is 2. The predicted octanol–water partition coefficient (Wildman–Crippen LogP) is -2.13. The van der Waals surface area contributed by atoms with Crippen molar-refractivity contribution < 1.29 is 24.6 Å². The summed E-state index contributed by atoms with van der Waals surface area (Å²) >= 11 is 0. The number of hydrogen-bond donors (Lipinski definition) is 0. The van der Waals surface area contributed by atoms with E-state index in [2.05, 4.69) is 0 Å². The molecule has 0 saturated heterocycles. The van der Waals surface area contributed by atoms with Gasteiger partial charge in [-0.1, -0.05) is 6.92 Å². The first-order valence-corrected chi connectivity index (χ1v) is 3.79. The number of ketones is 1. The Morgan fingerprint density at radius 3 is 1.71 bits per heavy atom. The molecular formula is C8H12O5Sn. The molecule has 0 saturated carbocycles. The molecule has 2 radical (unpaired) electrons. The van der Waals surface area contributed by atoms with Crippen molar-refractivity contribution in [1.82, 2.24) is 0 Å². The van der Waals surface area contributed by atoms with Gasteiger partial charge in [-0.15, -0.1) is 0 Å². The van der Waals surface area contributed by atoms with Crippen LogP contribution in [0.15, 0.2) is 0 Å². The minimum absolute atomic E-state index is 0. The maximum absolute atomic E-state index is 10.4. The third-order valence-electron chi connectivity index (χ3n) is 0.870. The summed E-state index contributed by atoms with van der Waals surface area (Å²) < 4.78 is 0. The summed E-state index contributed by atoms with van der Waals surface area (Å²) in [6.07, 6.45) is 0.605. The molecule has 6 heteroatoms. The van der Waals surface area contributed by atoms with Gasteiger partial charge >= 0.3 is 23.9 Å². The summed E-state index contributed by atoms with van der Waals surface area (Å²) in [5, 5.41) is 18.6. The van der Waals surface area contributed by atoms with E-state index in [0.29, 0.717) is 12.8 Å². The number of rotatable bonds is 4. The Morgan fingerprint density at radius 1 is 1.14 bits per heavy atom. The Bertz CT molecular complexity index is 186. The number of carboxylic acid groups (broad SMARTS) is 2. The maximum Gasteiger partial charge on any atom is 2.00 e. The summed E-state index contributed by atoms with van der Waals surface area (Å²) in [4.78, 5) is 29.1. The van der Waals surface area contributed by atoms with Gasteiger partial charge in [-0.05, 0) is 13.3 Å². The monoisotopic (exact) mass is 308 g/mol. The molecule has 78 valence electrons. The number of Topliss-reactive ketones (excluding diaryl/α,β-unsaturated/α-hetero) is 1. The Hall–Kier alpha value is -0.591. The van der Waals surface area contributed by atoms with Crippen molar-refractivity contribution in [3.63, 3.8) is 0 Å². The molecule has 0 bridgehead atoms. The van der Waals surface area contributed by atoms with Crippen molar-refractivity contribution in [3.05, 3.63) is 0 Å². The van der Waals surface area contributed by atoms with Crippen molar-refractivity contribution in [2.45, 2.75) is 33.1 Å². The van der Waals surface area contributed by atoms with Crippen LogP contribution in [-0.4, -0.2) is 41.6 Å². The number of carbonyl (C=O) groups is 3. The Balaban J connectivity index is -0.000000209. The fourth-order valence-corrected chi connectivity index (χ4v) is 0.528. The smallest absolute Gasteiger partial charge is 0.550 e. The van der Waals surface area contributed by atoms with Crippen molar-refractivity contribution in [3.8, 4) is 0 Å². The van der Waals surface area contributed by atoms with Crippen LogP contribution in [0.2, 0.25) is 0 Å². The van der Waals surface area contributed by atoms with Crippen LogP contribution in [0.25, 0.3) is 0 Å². The van der Waals surface area contributed by atoms with Crippen molar-refractivity contribution in [1.29, 1.82) is 0 Å². The van der Waals surface area contributed by atoms with E-state index < -0.39 is 18.4 Å². The minimum Gasteiger partial charge on any atom is -0.550 e. The molecule has 0 spiro atoms. The molecule has 14 heavy (non-hydrogen) atoms. The van der Waals surface area contributed by atoms with Gasteiger partial charge in [0.1, 0.15) is 5.78 Å². The molecule has 0 fully saturated rings. The zero-order valence-electron chi connectivity index (χ0n) is 8.16. The topological polar surface area (TPSA) is 97.3 Å². The van der Waals surface area contributed by atoms with Gasteiger partial charge in [0.15, 0.2) is 0 Å². The Labute approximate surface area is 99.5 Å². The summed E-state index contributed by atoms with van der Waals surface area (Å²) in [6.45, 7) is 2.80. The predicted molar refractivity (Wildman–Crippen MR) is 46.0 cm³/mol. The molecule has 0 aliphatic heterocycles. The molecule has 0 amide bonds. The zero-order valence-corrected chi connectivity index (χ0v) is 11.0. The van der Waals surface area contributed by atoms with E-state index >= 15 is 0 Å². The fraction of sp³-hybridized carbons (Fsp3) is 0.625. The van der Waals surface area contributed by atoms with Crippen molar-refractivity contribution in [2.24, 2.45) is 0 Å². The largest absolute Gasteiger partial charge is 2.00 e. The minimum atomic E-state index is -1.28. The second-order valence-corrected chi connectivity index (χ2v) is 2.33. The first-order valence-electron chi connectivity index (χ1n) is 3.79. The maximum atomic E-state index is 10.4. The van der Waals surface area contributed by atoms with Gasteiger partial charge in [0.2, 0.25) is 0 Å². The molecule has 0 heterocycles. The Kier molecular flexibility index (Phi) is 16.9. The Morgan fingerprint density at radius 2 is 1.50 bits per heavy atom. The normalized spacial score (nSPS) is 7.57. The summed E-state index contributed by atoms with van der Waals surface area (Å²) in [6, 6.07) is 0. The van der Waals surface area contributed by atoms with E-state index in [1.807, 2.05) is 6.92 Å². The summed E-state index contributed by atoms with van der Waals surface area (Å²) in [5.74, 6) is -2.62. The standard InChI is InChI=1S/C6H10O3.C2H4O2.Sn/c1-2-3-5(7)4-6(8)9;1-2(3)4;/h2-4H2,1H3,(H,8,9);1H3,(H,3,4);/q;;+2/p-2. The van der Waals surface area contributed by atoms with Crippen LogP contribution >= 0.6 is 0 Å². The number of hydrogen-bond acceptors (Lipinski definition) is 5. The molecule has 0 N–H and O–H groups in total. The van der Waals surface area contributed by atoms with E-state index in [0.717, 1.165) is 6.92 Å². The van der Waals surface area contributed by atoms with Crippen LogP contribution in [0.4, 0.5) is 0 Å². The van der Waals surface area contributed by atoms with Gasteiger partial charge in [0, 0.05) is 24.8 Å². The second kappa shape index (κ2) is 12.4. The van der Waals surface area contributed by atoms with Crippen LogP contribution in [-0.2, 0) is 14.4 Å². The van der Waals surface area contributed by atoms with Crippen LogP contribution in [0.3, 0.4) is 0 Å². The van der Waals surface area contributed by atoms with E-state index in [1.165, 1.54) is 0 Å². The van der Waals surface area contributed by atoms with Crippen molar-refractivity contribution >= 4 is 41.6 Å². The van der Waals surface area contributed by atoms with Gasteiger partial charge in [0.05, 0.1) is 0 Å². The van der Waals surface area contributed by atoms with Crippen LogP contribution in [0.5, 0.6) is 0 Å². The molecular weight excluding hydrogens is 295 g/mol. The molecule has 0 aromatic heterocycles. The molecule has 0 aromatic carbocycles. The summed E-state index contributed by atoms with van der Waals surface area (Å²) in [7, 11) is 0. The third kappa shape index (κ3) is 30.1. The molecule has 0 aliphatic carbocycles. The molecule has 0 rings (SSSR count). The third-order valence-corrected chi connectivity index (χ3v) is 0.870. The molecule has 0 aromatic rings. The van der Waals surface area contributed by atoms with Crippen LogP contribution < -0.4 is 10.2 Å². The summed E-state index contributed by atoms with van der Waals surface area (Å²) in [5.41, 5.74) is 0.